The van der Waals surface area contributed by atoms with E-state index in [1.165, 1.54) is 7.11 Å². The smallest absolute Gasteiger partial charge is 0.276 e. The molecule has 10 heteroatoms. The third-order valence-corrected chi connectivity index (χ3v) is 6.94. The van der Waals surface area contributed by atoms with Gasteiger partial charge in [-0.2, -0.15) is 0 Å². The van der Waals surface area contributed by atoms with Gasteiger partial charge in [0.2, 0.25) is 5.95 Å². The number of aromatic amines is 1. The lowest BCUT2D eigenvalue weighted by Gasteiger charge is -2.10. The number of nitrogens with one attached hydrogen (secondary N) is 3. The first kappa shape index (κ1) is 24.1. The number of methoxy groups -OCH3 is 1. The second-order valence-corrected chi connectivity index (χ2v) is 9.85. The molecule has 0 spiro atoms. The molecule has 3 N–H and O–H groups in total. The normalized spacial score (nSPS) is 11.8. The zero-order valence-electron chi connectivity index (χ0n) is 20.1. The highest BCUT2D eigenvalue weighted by Crippen LogP contribution is 2.28. The molecular weight excluding hydrogens is 490 g/mol. The van der Waals surface area contributed by atoms with Gasteiger partial charge in [0.15, 0.2) is 4.90 Å². The molecule has 0 saturated carbocycles. The number of H-pyrrole nitrogens is 1. The number of imidazole rings is 1. The molecule has 0 aliphatic rings. The second kappa shape index (κ2) is 10.2. The number of rotatable bonds is 7. The summed E-state index contributed by atoms with van der Waals surface area (Å²) in [5.41, 5.74) is 2.26. The van der Waals surface area contributed by atoms with Crippen LogP contribution in [-0.4, -0.2) is 40.1 Å². The molecule has 0 aliphatic carbocycles. The van der Waals surface area contributed by atoms with E-state index in [0.717, 1.165) is 21.2 Å². The van der Waals surface area contributed by atoms with Gasteiger partial charge >= 0.3 is 0 Å². The monoisotopic (exact) mass is 514 g/mol. The van der Waals surface area contributed by atoms with Crippen molar-refractivity contribution in [3.8, 4) is 5.75 Å². The molecule has 1 unspecified atom stereocenters. The van der Waals surface area contributed by atoms with E-state index in [-0.39, 0.29) is 29.7 Å². The lowest BCUT2D eigenvalue weighted by Crippen LogP contribution is -2.23. The molecule has 0 aliphatic heterocycles. The summed E-state index contributed by atoms with van der Waals surface area (Å²) >= 11 is 0. The van der Waals surface area contributed by atoms with Gasteiger partial charge in [0.05, 0.1) is 12.6 Å². The Balaban J connectivity index is 1.38. The van der Waals surface area contributed by atoms with Crippen LogP contribution >= 0.6 is 0 Å². The number of benzene rings is 3. The summed E-state index contributed by atoms with van der Waals surface area (Å²) in [5.74, 6) is -0.279. The SMILES string of the molecule is COc1ccc2[nH]c(NC(=O)c3cc4ccccc4cn3)nc2c1C(=O)NCc1ccc([SH+](C)=O)cc1. The van der Waals surface area contributed by atoms with E-state index in [1.807, 2.05) is 36.4 Å². The number of anilines is 1. The Morgan fingerprint density at radius 1 is 1.00 bits per heavy atom. The number of hydrogen-bond donors (Lipinski definition) is 3. The minimum atomic E-state index is -1.42. The standard InChI is InChI=1S/C27H23N5O4S/c1-36-22-12-11-20-24(23(22)26(34)29-14-16-7-9-19(10-8-16)37(2)35)31-27(30-20)32-25(33)21-13-17-5-3-4-6-18(17)15-28-21/h3-13,15H,14H2,1-2H3,(H,29,34)(H2,30,31,32,33)/p+1. The quantitative estimate of drug-likeness (QED) is 0.223. The molecule has 9 nitrogen and oxygen atoms in total. The minimum Gasteiger partial charge on any atom is -0.496 e. The van der Waals surface area contributed by atoms with Crippen LogP contribution in [0, 0.1) is 0 Å². The zero-order chi connectivity index (χ0) is 25.9. The number of fused-ring (bicyclic) bond motifs is 2. The summed E-state index contributed by atoms with van der Waals surface area (Å²) in [7, 11) is 0.0564. The van der Waals surface area contributed by atoms with Gasteiger partial charge in [-0.25, -0.2) is 4.98 Å². The van der Waals surface area contributed by atoms with Gasteiger partial charge in [-0.15, -0.1) is 4.21 Å². The molecule has 2 heterocycles. The predicted octanol–water partition coefficient (Wildman–Crippen LogP) is 3.99. The van der Waals surface area contributed by atoms with Gasteiger partial charge in [-0.1, -0.05) is 36.4 Å². The third kappa shape index (κ3) is 5.05. The number of carbonyl (C=O) groups is 2. The van der Waals surface area contributed by atoms with Gasteiger partial charge in [-0.3, -0.25) is 19.9 Å². The molecule has 5 rings (SSSR count). The highest BCUT2D eigenvalue weighted by molar-refractivity contribution is 7.84. The molecule has 0 fully saturated rings. The van der Waals surface area contributed by atoms with E-state index >= 15 is 0 Å². The van der Waals surface area contributed by atoms with Crippen molar-refractivity contribution in [1.29, 1.82) is 0 Å². The van der Waals surface area contributed by atoms with Crippen LogP contribution < -0.4 is 15.4 Å². The minimum absolute atomic E-state index is 0.182. The van der Waals surface area contributed by atoms with Crippen molar-refractivity contribution in [2.45, 2.75) is 11.4 Å². The van der Waals surface area contributed by atoms with Crippen molar-refractivity contribution >= 4 is 50.4 Å². The first-order chi connectivity index (χ1) is 17.9. The molecule has 0 bridgehead atoms. The fourth-order valence-electron chi connectivity index (χ4n) is 3.98. The summed E-state index contributed by atoms with van der Waals surface area (Å²) in [6.45, 7) is 0.265. The van der Waals surface area contributed by atoms with E-state index in [4.69, 9.17) is 4.74 Å². The fraction of sp³-hybridized carbons (Fsp3) is 0.111. The maximum absolute atomic E-state index is 13.2. The molecular formula is C27H24N5O4S+. The number of thiol groups is 1. The molecule has 0 radical (unpaired) electrons. The molecule has 186 valence electrons. The summed E-state index contributed by atoms with van der Waals surface area (Å²) in [6, 6.07) is 20.0. The van der Waals surface area contributed by atoms with Crippen LogP contribution in [0.3, 0.4) is 0 Å². The second-order valence-electron chi connectivity index (χ2n) is 8.34. The Kier molecular flexibility index (Phi) is 6.65. The lowest BCUT2D eigenvalue weighted by molar-refractivity contribution is 0.0948. The highest BCUT2D eigenvalue weighted by Gasteiger charge is 2.21. The molecule has 3 aromatic carbocycles. The zero-order valence-corrected chi connectivity index (χ0v) is 21.0. The summed E-state index contributed by atoms with van der Waals surface area (Å²) < 4.78 is 17.1. The van der Waals surface area contributed by atoms with Crippen molar-refractivity contribution in [2.24, 2.45) is 0 Å². The molecule has 0 saturated heterocycles. The van der Waals surface area contributed by atoms with Gasteiger partial charge in [0.1, 0.15) is 39.6 Å². The Hall–Kier alpha value is -4.57. The van der Waals surface area contributed by atoms with Crippen LogP contribution in [0.15, 0.2) is 77.8 Å². The van der Waals surface area contributed by atoms with Crippen molar-refractivity contribution in [1.82, 2.24) is 20.3 Å². The fourth-order valence-corrected chi connectivity index (χ4v) is 4.55. The predicted molar refractivity (Wildman–Crippen MR) is 144 cm³/mol. The summed E-state index contributed by atoms with van der Waals surface area (Å²) in [5, 5.41) is 7.43. The van der Waals surface area contributed by atoms with Crippen LogP contribution in [0.1, 0.15) is 26.4 Å². The molecule has 5 aromatic rings. The number of ether oxygens (including phenoxy) is 1. The van der Waals surface area contributed by atoms with Crippen molar-refractivity contribution < 1.29 is 18.5 Å². The maximum Gasteiger partial charge on any atom is 0.276 e. The third-order valence-electron chi connectivity index (χ3n) is 5.91. The molecule has 2 amide bonds. The van der Waals surface area contributed by atoms with Crippen LogP contribution in [-0.2, 0) is 21.6 Å². The largest absolute Gasteiger partial charge is 0.496 e. The Morgan fingerprint density at radius 3 is 2.49 bits per heavy atom. The van der Waals surface area contributed by atoms with Crippen LogP contribution in [0.4, 0.5) is 5.95 Å². The van der Waals surface area contributed by atoms with Gasteiger partial charge in [0.25, 0.3) is 11.8 Å². The van der Waals surface area contributed by atoms with E-state index in [0.29, 0.717) is 16.8 Å². The van der Waals surface area contributed by atoms with Crippen LogP contribution in [0.25, 0.3) is 21.8 Å². The van der Waals surface area contributed by atoms with E-state index < -0.39 is 16.7 Å². The average Bonchev–Trinajstić information content (AvgIpc) is 3.33. The number of carbonyl (C=O) groups excluding carboxylic acids is 2. The highest BCUT2D eigenvalue weighted by atomic mass is 32.2. The van der Waals surface area contributed by atoms with Crippen molar-refractivity contribution in [3.63, 3.8) is 0 Å². The van der Waals surface area contributed by atoms with E-state index in [1.54, 1.807) is 42.8 Å². The van der Waals surface area contributed by atoms with Crippen LogP contribution in [0.2, 0.25) is 0 Å². The molecule has 37 heavy (non-hydrogen) atoms. The first-order valence-corrected chi connectivity index (χ1v) is 13.1. The first-order valence-electron chi connectivity index (χ1n) is 11.4. The van der Waals surface area contributed by atoms with E-state index in [2.05, 4.69) is 25.6 Å². The number of nitrogens with zero attached hydrogens (tertiary/aromatic N) is 2. The average molecular weight is 515 g/mol. The lowest BCUT2D eigenvalue weighted by atomic mass is 10.1. The summed E-state index contributed by atoms with van der Waals surface area (Å²) in [6.07, 6.45) is 3.30. The van der Waals surface area contributed by atoms with E-state index in [9.17, 15) is 13.8 Å². The van der Waals surface area contributed by atoms with Gasteiger partial charge < -0.3 is 15.0 Å². The topological polar surface area (TPSA) is 126 Å². The van der Waals surface area contributed by atoms with Gasteiger partial charge in [0, 0.05) is 18.1 Å². The number of aromatic nitrogens is 3. The van der Waals surface area contributed by atoms with Gasteiger partial charge in [-0.05, 0) is 41.3 Å². The Morgan fingerprint density at radius 2 is 1.76 bits per heavy atom. The van der Waals surface area contributed by atoms with Crippen molar-refractivity contribution in [2.75, 3.05) is 18.7 Å². The summed E-state index contributed by atoms with van der Waals surface area (Å²) in [4.78, 5) is 38.5. The number of hydrogen-bond acceptors (Lipinski definition) is 6. The van der Waals surface area contributed by atoms with Crippen LogP contribution in [0.5, 0.6) is 5.75 Å². The molecule has 2 aromatic heterocycles. The maximum atomic E-state index is 13.2. The number of amides is 2. The van der Waals surface area contributed by atoms with Crippen molar-refractivity contribution in [3.05, 3.63) is 89.7 Å². The Labute approximate surface area is 214 Å². The number of pyridine rings is 1. The Bertz CT molecular complexity index is 1660. The molecule has 1 atom stereocenters.